The number of carbonyl (C=O) groups is 2. The van der Waals surface area contributed by atoms with Crippen molar-refractivity contribution < 1.29 is 14.3 Å². The van der Waals surface area contributed by atoms with Gasteiger partial charge in [0.2, 0.25) is 0 Å². The molecule has 0 bridgehead atoms. The van der Waals surface area contributed by atoms with E-state index in [4.69, 9.17) is 4.74 Å². The predicted octanol–water partition coefficient (Wildman–Crippen LogP) is 0.964. The van der Waals surface area contributed by atoms with Crippen LogP contribution in [0.4, 0.5) is 0 Å². The van der Waals surface area contributed by atoms with Gasteiger partial charge >= 0.3 is 5.97 Å². The SMILES string of the molecule is COC(=O)C(NC(=O)c1c(C)nn(C)c1C)C(C)C. The Kier molecular flexibility index (Phi) is 4.69. The standard InChI is InChI=1S/C13H21N3O3/c1-7(2)11(13(18)19-6)14-12(17)10-8(3)15-16(5)9(10)4/h7,11H,1-6H3,(H,14,17). The van der Waals surface area contributed by atoms with Crippen LogP contribution in [0.1, 0.15) is 35.6 Å². The molecule has 0 aliphatic carbocycles. The number of carbonyl (C=O) groups excluding carboxylic acids is 2. The fourth-order valence-corrected chi connectivity index (χ4v) is 1.94. The number of hydrogen-bond donors (Lipinski definition) is 1. The van der Waals surface area contributed by atoms with Crippen LogP contribution in [0, 0.1) is 19.8 Å². The Morgan fingerprint density at radius 1 is 1.32 bits per heavy atom. The summed E-state index contributed by atoms with van der Waals surface area (Å²) in [6, 6.07) is -0.656. The van der Waals surface area contributed by atoms with Crippen molar-refractivity contribution in [2.24, 2.45) is 13.0 Å². The van der Waals surface area contributed by atoms with E-state index in [9.17, 15) is 9.59 Å². The fourth-order valence-electron chi connectivity index (χ4n) is 1.94. The second-order valence-corrected chi connectivity index (χ2v) is 4.89. The van der Waals surface area contributed by atoms with Gasteiger partial charge in [-0.2, -0.15) is 5.10 Å². The monoisotopic (exact) mass is 267 g/mol. The van der Waals surface area contributed by atoms with Gasteiger partial charge in [0.1, 0.15) is 6.04 Å². The summed E-state index contributed by atoms with van der Waals surface area (Å²) in [6.45, 7) is 7.29. The first-order valence-electron chi connectivity index (χ1n) is 6.18. The highest BCUT2D eigenvalue weighted by molar-refractivity contribution is 5.98. The third-order valence-electron chi connectivity index (χ3n) is 3.14. The molecule has 106 valence electrons. The van der Waals surface area contributed by atoms with Crippen LogP contribution in [0.25, 0.3) is 0 Å². The summed E-state index contributed by atoms with van der Waals surface area (Å²) < 4.78 is 6.35. The molecule has 0 fully saturated rings. The molecule has 1 aromatic rings. The molecule has 0 saturated heterocycles. The third kappa shape index (κ3) is 3.13. The highest BCUT2D eigenvalue weighted by atomic mass is 16.5. The van der Waals surface area contributed by atoms with Crippen molar-refractivity contribution in [2.75, 3.05) is 7.11 Å². The zero-order chi connectivity index (χ0) is 14.7. The van der Waals surface area contributed by atoms with Crippen LogP contribution in [0.2, 0.25) is 0 Å². The summed E-state index contributed by atoms with van der Waals surface area (Å²) in [7, 11) is 3.09. The van der Waals surface area contributed by atoms with Gasteiger partial charge < -0.3 is 10.1 Å². The number of aryl methyl sites for hydroxylation is 2. The van der Waals surface area contributed by atoms with E-state index in [1.807, 2.05) is 20.8 Å². The van der Waals surface area contributed by atoms with E-state index in [0.717, 1.165) is 5.69 Å². The van der Waals surface area contributed by atoms with Crippen LogP contribution < -0.4 is 5.32 Å². The maximum Gasteiger partial charge on any atom is 0.328 e. The van der Waals surface area contributed by atoms with E-state index in [1.54, 1.807) is 18.7 Å². The number of nitrogens with zero attached hydrogens (tertiary/aromatic N) is 2. The Hall–Kier alpha value is -1.85. The fraction of sp³-hybridized carbons (Fsp3) is 0.615. The van der Waals surface area contributed by atoms with Gasteiger partial charge in [0.25, 0.3) is 5.91 Å². The molecule has 6 heteroatoms. The summed E-state index contributed by atoms with van der Waals surface area (Å²) in [5.41, 5.74) is 1.92. The molecule has 0 saturated carbocycles. The van der Waals surface area contributed by atoms with Crippen molar-refractivity contribution >= 4 is 11.9 Å². The number of methoxy groups -OCH3 is 1. The Balaban J connectivity index is 2.97. The van der Waals surface area contributed by atoms with E-state index in [1.165, 1.54) is 7.11 Å². The van der Waals surface area contributed by atoms with Crippen molar-refractivity contribution in [3.05, 3.63) is 17.0 Å². The van der Waals surface area contributed by atoms with Gasteiger partial charge in [-0.1, -0.05) is 13.8 Å². The summed E-state index contributed by atoms with van der Waals surface area (Å²) in [4.78, 5) is 23.9. The average molecular weight is 267 g/mol. The van der Waals surface area contributed by atoms with E-state index in [-0.39, 0.29) is 11.8 Å². The highest BCUT2D eigenvalue weighted by Crippen LogP contribution is 2.13. The zero-order valence-corrected chi connectivity index (χ0v) is 12.3. The van der Waals surface area contributed by atoms with Crippen molar-refractivity contribution in [2.45, 2.75) is 33.7 Å². The molecule has 1 unspecified atom stereocenters. The maximum absolute atomic E-state index is 12.3. The van der Waals surface area contributed by atoms with Gasteiger partial charge in [0.15, 0.2) is 0 Å². The van der Waals surface area contributed by atoms with Crippen molar-refractivity contribution in [1.29, 1.82) is 0 Å². The molecule has 0 aliphatic heterocycles. The second-order valence-electron chi connectivity index (χ2n) is 4.89. The quantitative estimate of drug-likeness (QED) is 0.825. The maximum atomic E-state index is 12.3. The normalized spacial score (nSPS) is 12.4. The molecular formula is C13H21N3O3. The zero-order valence-electron chi connectivity index (χ0n) is 12.3. The molecule has 0 aliphatic rings. The van der Waals surface area contributed by atoms with Crippen molar-refractivity contribution in [1.82, 2.24) is 15.1 Å². The minimum atomic E-state index is -0.656. The highest BCUT2D eigenvalue weighted by Gasteiger charge is 2.27. The molecule has 1 heterocycles. The number of ether oxygens (including phenoxy) is 1. The average Bonchev–Trinajstić information content (AvgIpc) is 2.58. The molecule has 1 aromatic heterocycles. The van der Waals surface area contributed by atoms with Crippen LogP contribution in [0.15, 0.2) is 0 Å². The summed E-state index contributed by atoms with van der Waals surface area (Å²) in [5.74, 6) is -0.788. The van der Waals surface area contributed by atoms with Gasteiger partial charge in [-0.25, -0.2) is 4.79 Å². The van der Waals surface area contributed by atoms with Gasteiger partial charge in [0.05, 0.1) is 18.4 Å². The van der Waals surface area contributed by atoms with Crippen molar-refractivity contribution in [3.63, 3.8) is 0 Å². The number of hydrogen-bond acceptors (Lipinski definition) is 4. The predicted molar refractivity (Wildman–Crippen MR) is 70.8 cm³/mol. The van der Waals surface area contributed by atoms with Gasteiger partial charge in [-0.15, -0.1) is 0 Å². The lowest BCUT2D eigenvalue weighted by molar-refractivity contribution is -0.144. The van der Waals surface area contributed by atoms with E-state index in [2.05, 4.69) is 10.4 Å². The largest absolute Gasteiger partial charge is 0.467 e. The molecule has 0 radical (unpaired) electrons. The first kappa shape index (κ1) is 15.2. The van der Waals surface area contributed by atoms with Gasteiger partial charge in [-0.3, -0.25) is 9.48 Å². The van der Waals surface area contributed by atoms with E-state index >= 15 is 0 Å². The lowest BCUT2D eigenvalue weighted by atomic mass is 10.0. The molecule has 0 aromatic carbocycles. The van der Waals surface area contributed by atoms with Gasteiger partial charge in [0, 0.05) is 12.7 Å². The summed E-state index contributed by atoms with van der Waals surface area (Å²) in [5, 5.41) is 6.90. The topological polar surface area (TPSA) is 73.2 Å². The van der Waals surface area contributed by atoms with Crippen LogP contribution in [-0.4, -0.2) is 34.8 Å². The van der Waals surface area contributed by atoms with E-state index in [0.29, 0.717) is 11.3 Å². The first-order chi connectivity index (χ1) is 8.79. The van der Waals surface area contributed by atoms with Crippen LogP contribution >= 0.6 is 0 Å². The Labute approximate surface area is 113 Å². The van der Waals surface area contributed by atoms with Crippen molar-refractivity contribution in [3.8, 4) is 0 Å². The van der Waals surface area contributed by atoms with E-state index < -0.39 is 12.0 Å². The number of aromatic nitrogens is 2. The third-order valence-corrected chi connectivity index (χ3v) is 3.14. The summed E-state index contributed by atoms with van der Waals surface area (Å²) >= 11 is 0. The van der Waals surface area contributed by atoms with Crippen LogP contribution in [0.3, 0.4) is 0 Å². The lowest BCUT2D eigenvalue weighted by Gasteiger charge is -2.19. The lowest BCUT2D eigenvalue weighted by Crippen LogP contribution is -2.45. The molecule has 0 spiro atoms. The smallest absolute Gasteiger partial charge is 0.328 e. The molecular weight excluding hydrogens is 246 g/mol. The first-order valence-corrected chi connectivity index (χ1v) is 6.18. The number of amides is 1. The molecule has 1 rings (SSSR count). The minimum Gasteiger partial charge on any atom is -0.467 e. The van der Waals surface area contributed by atoms with Gasteiger partial charge in [-0.05, 0) is 19.8 Å². The number of nitrogens with one attached hydrogen (secondary N) is 1. The molecule has 19 heavy (non-hydrogen) atoms. The molecule has 6 nitrogen and oxygen atoms in total. The molecule has 1 atom stereocenters. The Morgan fingerprint density at radius 3 is 2.26 bits per heavy atom. The van der Waals surface area contributed by atoms with Crippen LogP contribution in [0.5, 0.6) is 0 Å². The molecule has 1 N–H and O–H groups in total. The minimum absolute atomic E-state index is 0.0475. The number of rotatable bonds is 4. The molecule has 1 amide bonds. The summed E-state index contributed by atoms with van der Waals surface area (Å²) in [6.07, 6.45) is 0. The Bertz CT molecular complexity index is 492. The van der Waals surface area contributed by atoms with Crippen LogP contribution in [-0.2, 0) is 16.6 Å². The number of esters is 1. The second kappa shape index (κ2) is 5.86. The Morgan fingerprint density at radius 2 is 1.89 bits per heavy atom.